The van der Waals surface area contributed by atoms with Crippen molar-refractivity contribution in [1.82, 2.24) is 9.97 Å². The average molecular weight is 234 g/mol. The van der Waals surface area contributed by atoms with Gasteiger partial charge in [0.25, 0.3) is 0 Å². The van der Waals surface area contributed by atoms with Gasteiger partial charge in [0.15, 0.2) is 0 Å². The van der Waals surface area contributed by atoms with Crippen LogP contribution in [0.4, 0.5) is 5.82 Å². The molecule has 0 saturated carbocycles. The fourth-order valence-electron chi connectivity index (χ4n) is 0.873. The monoisotopic (exact) mass is 233 g/mol. The van der Waals surface area contributed by atoms with Crippen molar-refractivity contribution in [2.45, 2.75) is 19.2 Å². The lowest BCUT2D eigenvalue weighted by Gasteiger charge is -2.14. The van der Waals surface area contributed by atoms with Crippen LogP contribution < -0.4 is 5.32 Å². The topological polar surface area (TPSA) is 37.8 Å². The highest BCUT2D eigenvalue weighted by Crippen LogP contribution is 2.17. The number of alkyl halides is 1. The molecule has 1 N–H and O–H groups in total. The Morgan fingerprint density at radius 1 is 1.50 bits per heavy atom. The van der Waals surface area contributed by atoms with Gasteiger partial charge >= 0.3 is 0 Å². The molecule has 0 aliphatic carbocycles. The molecule has 1 unspecified atom stereocenters. The molecule has 0 saturated heterocycles. The third-order valence-corrected chi connectivity index (χ3v) is 2.79. The van der Waals surface area contributed by atoms with Crippen molar-refractivity contribution in [1.29, 1.82) is 0 Å². The third kappa shape index (κ3) is 3.31. The van der Waals surface area contributed by atoms with E-state index < -0.39 is 0 Å². The highest BCUT2D eigenvalue weighted by molar-refractivity contribution is 6.32. The number of rotatable bonds is 4. The number of hydrogen-bond donors (Lipinski definition) is 1. The van der Waals surface area contributed by atoms with Crippen LogP contribution in [0.5, 0.6) is 0 Å². The van der Waals surface area contributed by atoms with Crippen molar-refractivity contribution in [3.8, 4) is 0 Å². The molecule has 1 aromatic heterocycles. The summed E-state index contributed by atoms with van der Waals surface area (Å²) >= 11 is 11.9. The van der Waals surface area contributed by atoms with E-state index in [9.17, 15) is 0 Å². The Morgan fingerprint density at radius 3 is 2.79 bits per heavy atom. The maximum atomic E-state index is 6.07. The summed E-state index contributed by atoms with van der Waals surface area (Å²) < 4.78 is 0. The van der Waals surface area contributed by atoms with E-state index >= 15 is 0 Å². The van der Waals surface area contributed by atoms with Gasteiger partial charge in [-0.15, -0.1) is 11.6 Å². The van der Waals surface area contributed by atoms with E-state index in [1.807, 2.05) is 0 Å². The molecule has 1 atom stereocenters. The quantitative estimate of drug-likeness (QED) is 0.814. The molecule has 1 rings (SSSR count). The lowest BCUT2D eigenvalue weighted by molar-refractivity contribution is 0.615. The molecular formula is C9H13Cl2N3. The second-order valence-electron chi connectivity index (χ2n) is 3.36. The first-order chi connectivity index (χ1) is 6.61. The van der Waals surface area contributed by atoms with Crippen molar-refractivity contribution in [2.24, 2.45) is 5.92 Å². The first kappa shape index (κ1) is 11.5. The summed E-state index contributed by atoms with van der Waals surface area (Å²) in [6.45, 7) is 4.79. The van der Waals surface area contributed by atoms with Gasteiger partial charge in [-0.25, -0.2) is 9.97 Å². The summed E-state index contributed by atoms with van der Waals surface area (Å²) in [6, 6.07) is 0. The smallest absolute Gasteiger partial charge is 0.148 e. The van der Waals surface area contributed by atoms with Gasteiger partial charge in [0.05, 0.1) is 11.6 Å². The normalized spacial score (nSPS) is 12.9. The summed E-state index contributed by atoms with van der Waals surface area (Å²) in [7, 11) is 0. The molecule has 0 fully saturated rings. The van der Waals surface area contributed by atoms with E-state index in [4.69, 9.17) is 23.2 Å². The van der Waals surface area contributed by atoms with Gasteiger partial charge in [0.1, 0.15) is 17.2 Å². The van der Waals surface area contributed by atoms with Gasteiger partial charge < -0.3 is 5.32 Å². The molecule has 14 heavy (non-hydrogen) atoms. The van der Waals surface area contributed by atoms with Crippen LogP contribution in [-0.4, -0.2) is 21.9 Å². The highest BCUT2D eigenvalue weighted by atomic mass is 35.5. The molecule has 0 radical (unpaired) electrons. The number of hydrogen-bond acceptors (Lipinski definition) is 3. The number of nitrogens with one attached hydrogen (secondary N) is 1. The van der Waals surface area contributed by atoms with Gasteiger partial charge in [-0.05, 0) is 5.92 Å². The van der Waals surface area contributed by atoms with E-state index in [-0.39, 0.29) is 5.38 Å². The minimum Gasteiger partial charge on any atom is -0.367 e. The molecule has 0 bridgehead atoms. The molecule has 0 amide bonds. The number of aromatic nitrogens is 2. The second-order valence-corrected chi connectivity index (χ2v) is 4.33. The Balaban J connectivity index is 2.50. The molecule has 1 aromatic rings. The Bertz CT molecular complexity index is 291. The van der Waals surface area contributed by atoms with Crippen molar-refractivity contribution >= 4 is 29.0 Å². The van der Waals surface area contributed by atoms with Gasteiger partial charge in [-0.3, -0.25) is 0 Å². The Kier molecular flexibility index (Phi) is 4.42. The fourth-order valence-corrected chi connectivity index (χ4v) is 1.12. The zero-order valence-electron chi connectivity index (χ0n) is 8.17. The molecule has 1 heterocycles. The summed E-state index contributed by atoms with van der Waals surface area (Å²) in [4.78, 5) is 7.79. The standard InChI is InChI=1S/C9H13Cl2N3/c1-6(2)7(10)4-13-9-8(11)3-12-5-14-9/h3,5-7H,4H2,1-2H3,(H,12,13,14). The molecule has 0 aromatic carbocycles. The Labute approximate surface area is 93.9 Å². The van der Waals surface area contributed by atoms with Crippen molar-refractivity contribution < 1.29 is 0 Å². The van der Waals surface area contributed by atoms with Crippen molar-refractivity contribution in [2.75, 3.05) is 11.9 Å². The molecule has 0 aliphatic rings. The second kappa shape index (κ2) is 5.37. The van der Waals surface area contributed by atoms with Crippen LogP contribution in [0.2, 0.25) is 5.02 Å². The van der Waals surface area contributed by atoms with Crippen LogP contribution in [0.3, 0.4) is 0 Å². The highest BCUT2D eigenvalue weighted by Gasteiger charge is 2.10. The first-order valence-electron chi connectivity index (χ1n) is 4.44. The minimum absolute atomic E-state index is 0.0704. The minimum atomic E-state index is 0.0704. The van der Waals surface area contributed by atoms with Gasteiger partial charge in [-0.2, -0.15) is 0 Å². The summed E-state index contributed by atoms with van der Waals surface area (Å²) in [6.07, 6.45) is 3.00. The summed E-state index contributed by atoms with van der Waals surface area (Å²) in [5.74, 6) is 1.05. The zero-order valence-corrected chi connectivity index (χ0v) is 9.68. The van der Waals surface area contributed by atoms with Crippen LogP contribution in [0, 0.1) is 5.92 Å². The van der Waals surface area contributed by atoms with Crippen LogP contribution >= 0.6 is 23.2 Å². The van der Waals surface area contributed by atoms with Crippen molar-refractivity contribution in [3.05, 3.63) is 17.5 Å². The maximum Gasteiger partial charge on any atom is 0.148 e. The molecule has 5 heteroatoms. The van der Waals surface area contributed by atoms with E-state index in [0.29, 0.717) is 23.3 Å². The SMILES string of the molecule is CC(C)C(Cl)CNc1ncncc1Cl. The van der Waals surface area contributed by atoms with E-state index in [2.05, 4.69) is 29.1 Å². The lowest BCUT2D eigenvalue weighted by atomic mass is 10.1. The predicted molar refractivity (Wildman–Crippen MR) is 60.0 cm³/mol. The van der Waals surface area contributed by atoms with Crippen molar-refractivity contribution in [3.63, 3.8) is 0 Å². The summed E-state index contributed by atoms with van der Waals surface area (Å²) in [5.41, 5.74) is 0. The van der Waals surface area contributed by atoms with Crippen LogP contribution in [0.1, 0.15) is 13.8 Å². The molecule has 0 aliphatic heterocycles. The molecule has 3 nitrogen and oxygen atoms in total. The molecule has 0 spiro atoms. The predicted octanol–water partition coefficient (Wildman–Crippen LogP) is 2.81. The molecule has 78 valence electrons. The third-order valence-electron chi connectivity index (χ3n) is 1.86. The largest absolute Gasteiger partial charge is 0.367 e. The number of halogens is 2. The van der Waals surface area contributed by atoms with E-state index in [1.165, 1.54) is 6.33 Å². The molecular weight excluding hydrogens is 221 g/mol. The van der Waals surface area contributed by atoms with Crippen LogP contribution in [0.25, 0.3) is 0 Å². The average Bonchev–Trinajstić information content (AvgIpc) is 2.16. The van der Waals surface area contributed by atoms with E-state index in [0.717, 1.165) is 0 Å². The fraction of sp³-hybridized carbons (Fsp3) is 0.556. The lowest BCUT2D eigenvalue weighted by Crippen LogP contribution is -2.20. The Morgan fingerprint density at radius 2 is 2.21 bits per heavy atom. The van der Waals surface area contributed by atoms with Gasteiger partial charge in [0.2, 0.25) is 0 Å². The number of anilines is 1. The zero-order chi connectivity index (χ0) is 10.6. The van der Waals surface area contributed by atoms with E-state index in [1.54, 1.807) is 6.20 Å². The number of nitrogens with zero attached hydrogens (tertiary/aromatic N) is 2. The van der Waals surface area contributed by atoms with Gasteiger partial charge in [0, 0.05) is 6.54 Å². The Hall–Kier alpha value is -0.540. The van der Waals surface area contributed by atoms with Crippen LogP contribution in [0.15, 0.2) is 12.5 Å². The first-order valence-corrected chi connectivity index (χ1v) is 5.26. The maximum absolute atomic E-state index is 6.07. The van der Waals surface area contributed by atoms with Crippen LogP contribution in [-0.2, 0) is 0 Å². The van der Waals surface area contributed by atoms with Gasteiger partial charge in [-0.1, -0.05) is 25.4 Å². The summed E-state index contributed by atoms with van der Waals surface area (Å²) in [5, 5.41) is 3.66.